The molecule has 1 saturated carbocycles. The molecule has 1 rings (SSSR count). The monoisotopic (exact) mass is 136 g/mol. The maximum Gasteiger partial charge on any atom is 0.00541 e. The highest BCUT2D eigenvalue weighted by Gasteiger charge is 2.16. The summed E-state index contributed by atoms with van der Waals surface area (Å²) in [5.74, 6) is 0. The molecule has 2 nitrogen and oxygen atoms in total. The lowest BCUT2D eigenvalue weighted by Crippen LogP contribution is -2.20. The van der Waals surface area contributed by atoms with E-state index < -0.39 is 0 Å². The van der Waals surface area contributed by atoms with Crippen LogP contribution in [0.3, 0.4) is 0 Å². The van der Waals surface area contributed by atoms with E-state index in [9.17, 15) is 0 Å². The van der Waals surface area contributed by atoms with Crippen molar-refractivity contribution < 1.29 is 0 Å². The topological polar surface area (TPSA) is 52.0 Å². The molecule has 0 radical (unpaired) electrons. The molecule has 3 heteroatoms. The van der Waals surface area contributed by atoms with Crippen LogP contribution in [0.4, 0.5) is 0 Å². The Balaban J connectivity index is 0.000000490. The van der Waals surface area contributed by atoms with Crippen LogP contribution >= 0.6 is 12.4 Å². The van der Waals surface area contributed by atoms with E-state index in [1.807, 2.05) is 0 Å². The van der Waals surface area contributed by atoms with Crippen molar-refractivity contribution in [3.8, 4) is 0 Å². The van der Waals surface area contributed by atoms with Gasteiger partial charge in [0.1, 0.15) is 0 Å². The summed E-state index contributed by atoms with van der Waals surface area (Å²) in [5, 5.41) is 0. The Morgan fingerprint density at radius 3 is 1.50 bits per heavy atom. The zero-order chi connectivity index (χ0) is 5.28. The molecule has 0 spiro atoms. The van der Waals surface area contributed by atoms with Crippen LogP contribution in [0.25, 0.3) is 0 Å². The summed E-state index contributed by atoms with van der Waals surface area (Å²) in [5.41, 5.74) is 11.1. The summed E-state index contributed by atoms with van der Waals surface area (Å²) in [6.45, 7) is 0. The van der Waals surface area contributed by atoms with E-state index in [1.165, 1.54) is 0 Å². The van der Waals surface area contributed by atoms with E-state index in [2.05, 4.69) is 0 Å². The number of hydrogen-bond acceptors (Lipinski definition) is 2. The Kier molecular flexibility index (Phi) is 3.36. The van der Waals surface area contributed by atoms with Crippen LogP contribution in [0.1, 0.15) is 19.3 Å². The summed E-state index contributed by atoms with van der Waals surface area (Å²) in [6, 6.07) is 0.796. The fourth-order valence-corrected chi connectivity index (χ4v) is 1.05. The van der Waals surface area contributed by atoms with Crippen LogP contribution < -0.4 is 11.5 Å². The molecule has 0 bridgehead atoms. The molecule has 0 amide bonds. The maximum absolute atomic E-state index is 5.55. The Morgan fingerprint density at radius 2 is 1.38 bits per heavy atom. The van der Waals surface area contributed by atoms with Crippen molar-refractivity contribution in [2.75, 3.05) is 0 Å². The first-order chi connectivity index (χ1) is 3.29. The third kappa shape index (κ3) is 1.99. The van der Waals surface area contributed by atoms with Gasteiger partial charge in [0.2, 0.25) is 0 Å². The summed E-state index contributed by atoms with van der Waals surface area (Å²) < 4.78 is 0. The summed E-state index contributed by atoms with van der Waals surface area (Å²) >= 11 is 0. The number of halogens is 1. The van der Waals surface area contributed by atoms with E-state index in [0.717, 1.165) is 19.3 Å². The maximum atomic E-state index is 5.55. The largest absolute Gasteiger partial charge is 0.328 e. The lowest BCUT2D eigenvalue weighted by molar-refractivity contribution is 0.666. The van der Waals surface area contributed by atoms with Gasteiger partial charge in [-0.25, -0.2) is 0 Å². The van der Waals surface area contributed by atoms with E-state index >= 15 is 0 Å². The molecule has 2 atom stereocenters. The second-order valence-electron chi connectivity index (χ2n) is 2.33. The Morgan fingerprint density at radius 1 is 1.00 bits per heavy atom. The molecule has 1 aliphatic rings. The minimum atomic E-state index is 0. The lowest BCUT2D eigenvalue weighted by Gasteiger charge is -1.97. The first-order valence-corrected chi connectivity index (χ1v) is 2.80. The van der Waals surface area contributed by atoms with Gasteiger partial charge in [0, 0.05) is 12.1 Å². The van der Waals surface area contributed by atoms with Gasteiger partial charge in [0.25, 0.3) is 0 Å². The fourth-order valence-electron chi connectivity index (χ4n) is 1.05. The molecule has 0 unspecified atom stereocenters. The van der Waals surface area contributed by atoms with Gasteiger partial charge in [0.05, 0.1) is 0 Å². The molecule has 4 N–H and O–H groups in total. The highest BCUT2D eigenvalue weighted by Crippen LogP contribution is 2.13. The van der Waals surface area contributed by atoms with E-state index in [-0.39, 0.29) is 12.4 Å². The first-order valence-electron chi connectivity index (χ1n) is 2.80. The summed E-state index contributed by atoms with van der Waals surface area (Å²) in [4.78, 5) is 0. The third-order valence-electron chi connectivity index (χ3n) is 1.51. The first kappa shape index (κ1) is 8.21. The van der Waals surface area contributed by atoms with Crippen LogP contribution in [0.2, 0.25) is 0 Å². The van der Waals surface area contributed by atoms with Crippen LogP contribution in [0.5, 0.6) is 0 Å². The molecule has 1 fully saturated rings. The molecule has 0 aromatic rings. The van der Waals surface area contributed by atoms with Gasteiger partial charge < -0.3 is 11.5 Å². The van der Waals surface area contributed by atoms with Crippen molar-refractivity contribution >= 4 is 12.4 Å². The van der Waals surface area contributed by atoms with Gasteiger partial charge in [-0.05, 0) is 19.3 Å². The smallest absolute Gasteiger partial charge is 0.00541 e. The minimum absolute atomic E-state index is 0. The molecular formula is C5H13ClN2. The van der Waals surface area contributed by atoms with Crippen molar-refractivity contribution in [2.45, 2.75) is 31.3 Å². The second-order valence-corrected chi connectivity index (χ2v) is 2.33. The average molecular weight is 137 g/mol. The predicted octanol–water partition coefficient (Wildman–Crippen LogP) is 0.247. The Hall–Kier alpha value is 0.210. The molecule has 0 aliphatic heterocycles. The standard InChI is InChI=1S/C5H12N2.ClH/c6-4-1-2-5(7)3-4;/h4-5H,1-3,6-7H2;1H/t4-,5-;/m1./s1. The zero-order valence-corrected chi connectivity index (χ0v) is 5.66. The van der Waals surface area contributed by atoms with Gasteiger partial charge in [-0.15, -0.1) is 12.4 Å². The van der Waals surface area contributed by atoms with Gasteiger partial charge >= 0.3 is 0 Å². The number of rotatable bonds is 0. The molecule has 0 aromatic carbocycles. The fraction of sp³-hybridized carbons (Fsp3) is 1.00. The van der Waals surface area contributed by atoms with Crippen LogP contribution in [-0.4, -0.2) is 12.1 Å². The highest BCUT2D eigenvalue weighted by molar-refractivity contribution is 5.85. The molecule has 0 saturated heterocycles. The van der Waals surface area contributed by atoms with Crippen LogP contribution in [-0.2, 0) is 0 Å². The summed E-state index contributed by atoms with van der Waals surface area (Å²) in [6.07, 6.45) is 3.28. The molecule has 1 aliphatic carbocycles. The predicted molar refractivity (Wildman–Crippen MR) is 37.0 cm³/mol. The van der Waals surface area contributed by atoms with E-state index in [4.69, 9.17) is 11.5 Å². The number of hydrogen-bond donors (Lipinski definition) is 2. The average Bonchev–Trinajstić information content (AvgIpc) is 1.87. The molecular weight excluding hydrogens is 124 g/mol. The van der Waals surface area contributed by atoms with Gasteiger partial charge in [-0.2, -0.15) is 0 Å². The third-order valence-corrected chi connectivity index (χ3v) is 1.51. The normalized spacial score (nSPS) is 36.8. The van der Waals surface area contributed by atoms with Crippen molar-refractivity contribution in [2.24, 2.45) is 11.5 Å². The number of nitrogens with two attached hydrogens (primary N) is 2. The second kappa shape index (κ2) is 3.28. The molecule has 0 aromatic heterocycles. The van der Waals surface area contributed by atoms with Crippen molar-refractivity contribution in [1.29, 1.82) is 0 Å². The van der Waals surface area contributed by atoms with Crippen molar-refractivity contribution in [3.63, 3.8) is 0 Å². The van der Waals surface area contributed by atoms with E-state index in [0.29, 0.717) is 12.1 Å². The highest BCUT2D eigenvalue weighted by atomic mass is 35.5. The van der Waals surface area contributed by atoms with Gasteiger partial charge in [-0.1, -0.05) is 0 Å². The minimum Gasteiger partial charge on any atom is -0.328 e. The molecule has 8 heavy (non-hydrogen) atoms. The molecule has 0 heterocycles. The van der Waals surface area contributed by atoms with Crippen LogP contribution in [0.15, 0.2) is 0 Å². The van der Waals surface area contributed by atoms with Gasteiger partial charge in [-0.3, -0.25) is 0 Å². The van der Waals surface area contributed by atoms with Crippen molar-refractivity contribution in [3.05, 3.63) is 0 Å². The SMILES string of the molecule is Cl.N[C@@H]1CC[C@@H](N)C1. The Bertz CT molecular complexity index is 59.4. The quantitative estimate of drug-likeness (QED) is 0.502. The zero-order valence-electron chi connectivity index (χ0n) is 4.84. The Labute approximate surface area is 56.0 Å². The van der Waals surface area contributed by atoms with Gasteiger partial charge in [0.15, 0.2) is 0 Å². The lowest BCUT2D eigenvalue weighted by atomic mass is 10.2. The summed E-state index contributed by atoms with van der Waals surface area (Å²) in [7, 11) is 0. The molecule has 50 valence electrons. The van der Waals surface area contributed by atoms with Crippen LogP contribution in [0, 0.1) is 0 Å². The van der Waals surface area contributed by atoms with Crippen molar-refractivity contribution in [1.82, 2.24) is 0 Å². The van der Waals surface area contributed by atoms with E-state index in [1.54, 1.807) is 0 Å².